The van der Waals surface area contributed by atoms with Gasteiger partial charge >= 0.3 is 0 Å². The molecule has 1 aromatic heterocycles. The maximum absolute atomic E-state index is 9.92. The minimum atomic E-state index is -0.336. The van der Waals surface area contributed by atoms with Gasteiger partial charge in [-0.05, 0) is 18.4 Å². The number of hydrogen-bond acceptors (Lipinski definition) is 2. The Morgan fingerprint density at radius 2 is 2.07 bits per heavy atom. The summed E-state index contributed by atoms with van der Waals surface area (Å²) in [5.41, 5.74) is 0. The summed E-state index contributed by atoms with van der Waals surface area (Å²) in [5.74, 6) is 0.617. The lowest BCUT2D eigenvalue weighted by atomic mass is 9.95. The van der Waals surface area contributed by atoms with E-state index in [9.17, 15) is 5.11 Å². The van der Waals surface area contributed by atoms with E-state index in [1.807, 2.05) is 11.4 Å². The first-order valence-corrected chi connectivity index (χ1v) is 6.35. The predicted octanol–water partition coefficient (Wildman–Crippen LogP) is 4.26. The fourth-order valence-corrected chi connectivity index (χ4v) is 2.64. The van der Waals surface area contributed by atoms with E-state index >= 15 is 0 Å². The van der Waals surface area contributed by atoms with Crippen LogP contribution in [-0.2, 0) is 0 Å². The van der Waals surface area contributed by atoms with E-state index in [1.54, 1.807) is 0 Å². The van der Waals surface area contributed by atoms with Crippen LogP contribution in [-0.4, -0.2) is 5.11 Å². The van der Waals surface area contributed by atoms with E-state index in [2.05, 4.69) is 13.8 Å². The average Bonchev–Trinajstić information content (AvgIpc) is 2.61. The van der Waals surface area contributed by atoms with Crippen molar-refractivity contribution in [2.45, 2.75) is 39.2 Å². The van der Waals surface area contributed by atoms with Crippen molar-refractivity contribution in [2.75, 3.05) is 0 Å². The van der Waals surface area contributed by atoms with Gasteiger partial charge in [-0.25, -0.2) is 0 Å². The van der Waals surface area contributed by atoms with Crippen LogP contribution in [0.1, 0.15) is 44.1 Å². The molecule has 1 atom stereocenters. The van der Waals surface area contributed by atoms with Crippen molar-refractivity contribution in [2.24, 2.45) is 5.92 Å². The first-order chi connectivity index (χ1) is 6.67. The monoisotopic (exact) mass is 232 g/mol. The lowest BCUT2D eigenvalue weighted by molar-refractivity contribution is 0.144. The second-order valence-corrected chi connectivity index (χ2v) is 4.98. The molecule has 1 rings (SSSR count). The summed E-state index contributed by atoms with van der Waals surface area (Å²) in [6.07, 6.45) is 2.78. The molecular weight excluding hydrogens is 216 g/mol. The molecule has 0 saturated carbocycles. The van der Waals surface area contributed by atoms with Gasteiger partial charge in [0, 0.05) is 10.3 Å². The maximum Gasteiger partial charge on any atom is 0.0885 e. The molecule has 1 heterocycles. The Bertz CT molecular complexity index is 268. The Hall–Kier alpha value is -0.0500. The summed E-state index contributed by atoms with van der Waals surface area (Å²) in [5, 5.41) is 12.5. The van der Waals surface area contributed by atoms with Gasteiger partial charge in [-0.15, -0.1) is 11.3 Å². The number of rotatable bonds is 5. The zero-order valence-electron chi connectivity index (χ0n) is 8.66. The first kappa shape index (κ1) is 12.0. The van der Waals surface area contributed by atoms with Gasteiger partial charge < -0.3 is 5.11 Å². The van der Waals surface area contributed by atoms with Crippen molar-refractivity contribution in [3.05, 3.63) is 21.3 Å². The molecule has 0 aromatic carbocycles. The van der Waals surface area contributed by atoms with Gasteiger partial charge in [0.15, 0.2) is 0 Å². The van der Waals surface area contributed by atoms with E-state index in [1.165, 1.54) is 11.3 Å². The topological polar surface area (TPSA) is 20.2 Å². The summed E-state index contributed by atoms with van der Waals surface area (Å²) in [6.45, 7) is 4.34. The standard InChI is InChI=1S/C11H17ClOS/c1-3-8(4-2)5-10(13)11-6-9(12)7-14-11/h6-8,10,13H,3-5H2,1-2H3. The van der Waals surface area contributed by atoms with Gasteiger partial charge in [0.2, 0.25) is 0 Å². The van der Waals surface area contributed by atoms with Gasteiger partial charge in [-0.3, -0.25) is 0 Å². The third-order valence-electron chi connectivity index (χ3n) is 2.63. The van der Waals surface area contributed by atoms with Crippen LogP contribution < -0.4 is 0 Å². The van der Waals surface area contributed by atoms with Crippen molar-refractivity contribution in [1.82, 2.24) is 0 Å². The van der Waals surface area contributed by atoms with Crippen molar-refractivity contribution in [3.63, 3.8) is 0 Å². The summed E-state index contributed by atoms with van der Waals surface area (Å²) in [7, 11) is 0. The Morgan fingerprint density at radius 1 is 1.43 bits per heavy atom. The van der Waals surface area contributed by atoms with Gasteiger partial charge in [-0.1, -0.05) is 38.3 Å². The molecule has 14 heavy (non-hydrogen) atoms. The largest absolute Gasteiger partial charge is 0.388 e. The molecular formula is C11H17ClOS. The quantitative estimate of drug-likeness (QED) is 0.804. The van der Waals surface area contributed by atoms with Crippen molar-refractivity contribution in [1.29, 1.82) is 0 Å². The molecule has 80 valence electrons. The van der Waals surface area contributed by atoms with Crippen molar-refractivity contribution < 1.29 is 5.11 Å². The zero-order valence-corrected chi connectivity index (χ0v) is 10.2. The Morgan fingerprint density at radius 3 is 2.50 bits per heavy atom. The summed E-state index contributed by atoms with van der Waals surface area (Å²) < 4.78 is 0. The van der Waals surface area contributed by atoms with Crippen LogP contribution >= 0.6 is 22.9 Å². The molecule has 1 aromatic rings. The van der Waals surface area contributed by atoms with Gasteiger partial charge in [0.1, 0.15) is 0 Å². The molecule has 0 aliphatic rings. The van der Waals surface area contributed by atoms with Crippen LogP contribution in [0.4, 0.5) is 0 Å². The predicted molar refractivity (Wildman–Crippen MR) is 63.0 cm³/mol. The summed E-state index contributed by atoms with van der Waals surface area (Å²) in [4.78, 5) is 0.988. The smallest absolute Gasteiger partial charge is 0.0885 e. The third kappa shape index (κ3) is 3.26. The highest BCUT2D eigenvalue weighted by Gasteiger charge is 2.14. The fraction of sp³-hybridized carbons (Fsp3) is 0.636. The Kier molecular flexibility index (Phi) is 4.93. The number of hydrogen-bond donors (Lipinski definition) is 1. The lowest BCUT2D eigenvalue weighted by Gasteiger charge is -2.15. The molecule has 0 amide bonds. The highest BCUT2D eigenvalue weighted by Crippen LogP contribution is 2.30. The van der Waals surface area contributed by atoms with Crippen LogP contribution in [0, 0.1) is 5.92 Å². The van der Waals surface area contributed by atoms with Crippen LogP contribution in [0.3, 0.4) is 0 Å². The molecule has 1 unspecified atom stereocenters. The summed E-state index contributed by atoms with van der Waals surface area (Å²) >= 11 is 7.35. The Balaban J connectivity index is 2.53. The van der Waals surface area contributed by atoms with E-state index in [-0.39, 0.29) is 6.10 Å². The highest BCUT2D eigenvalue weighted by atomic mass is 35.5. The van der Waals surface area contributed by atoms with Crippen molar-refractivity contribution in [3.8, 4) is 0 Å². The molecule has 0 spiro atoms. The molecule has 0 bridgehead atoms. The third-order valence-corrected chi connectivity index (χ3v) is 4.01. The molecule has 0 radical (unpaired) electrons. The van der Waals surface area contributed by atoms with E-state index in [0.717, 1.165) is 29.2 Å². The lowest BCUT2D eigenvalue weighted by Crippen LogP contribution is -2.04. The molecule has 0 aliphatic heterocycles. The van der Waals surface area contributed by atoms with Gasteiger partial charge in [0.05, 0.1) is 11.1 Å². The minimum Gasteiger partial charge on any atom is -0.388 e. The number of halogens is 1. The molecule has 1 nitrogen and oxygen atoms in total. The van der Waals surface area contributed by atoms with E-state index < -0.39 is 0 Å². The van der Waals surface area contributed by atoms with E-state index in [4.69, 9.17) is 11.6 Å². The Labute approximate surface area is 94.7 Å². The normalized spacial score (nSPS) is 13.5. The van der Waals surface area contributed by atoms with E-state index in [0.29, 0.717) is 5.92 Å². The second-order valence-electron chi connectivity index (χ2n) is 3.60. The van der Waals surface area contributed by atoms with Crippen LogP contribution in [0.25, 0.3) is 0 Å². The summed E-state index contributed by atoms with van der Waals surface area (Å²) in [6, 6.07) is 1.86. The molecule has 0 aliphatic carbocycles. The molecule has 0 fully saturated rings. The van der Waals surface area contributed by atoms with Crippen LogP contribution in [0.5, 0.6) is 0 Å². The van der Waals surface area contributed by atoms with Gasteiger partial charge in [0.25, 0.3) is 0 Å². The maximum atomic E-state index is 9.92. The SMILES string of the molecule is CCC(CC)CC(O)c1cc(Cl)cs1. The number of aliphatic hydroxyl groups is 1. The van der Waals surface area contributed by atoms with Crippen LogP contribution in [0.2, 0.25) is 5.02 Å². The average molecular weight is 233 g/mol. The van der Waals surface area contributed by atoms with Gasteiger partial charge in [-0.2, -0.15) is 0 Å². The molecule has 0 saturated heterocycles. The molecule has 3 heteroatoms. The van der Waals surface area contributed by atoms with Crippen molar-refractivity contribution >= 4 is 22.9 Å². The minimum absolute atomic E-state index is 0.336. The number of thiophene rings is 1. The van der Waals surface area contributed by atoms with Crippen LogP contribution in [0.15, 0.2) is 11.4 Å². The molecule has 1 N–H and O–H groups in total. The number of aliphatic hydroxyl groups excluding tert-OH is 1. The second kappa shape index (κ2) is 5.74. The highest BCUT2D eigenvalue weighted by molar-refractivity contribution is 7.10. The first-order valence-electron chi connectivity index (χ1n) is 5.09. The zero-order chi connectivity index (χ0) is 10.6. The fourth-order valence-electron chi connectivity index (χ4n) is 1.56.